The summed E-state index contributed by atoms with van der Waals surface area (Å²) in [5.74, 6) is 1.98. The number of hydrogen-bond acceptors (Lipinski definition) is 4. The minimum Gasteiger partial charge on any atom is -0.357 e. The maximum atomic E-state index is 4.53. The summed E-state index contributed by atoms with van der Waals surface area (Å²) in [7, 11) is 1.84. The van der Waals surface area contributed by atoms with Crippen molar-refractivity contribution in [3.05, 3.63) is 23.9 Å². The second-order valence-corrected chi connectivity index (χ2v) is 7.80. The maximum absolute atomic E-state index is 4.53. The summed E-state index contributed by atoms with van der Waals surface area (Å²) >= 11 is 0. The Bertz CT molecular complexity index is 602. The summed E-state index contributed by atoms with van der Waals surface area (Å²) in [6, 6.07) is 5.02. The molecule has 0 amide bonds. The van der Waals surface area contributed by atoms with E-state index in [-0.39, 0.29) is 24.0 Å². The van der Waals surface area contributed by atoms with Crippen LogP contribution in [0.2, 0.25) is 0 Å². The van der Waals surface area contributed by atoms with Crippen LogP contribution in [-0.4, -0.2) is 61.7 Å². The molecule has 0 saturated carbocycles. The number of pyridine rings is 1. The number of nitrogens with one attached hydrogen (secondary N) is 2. The van der Waals surface area contributed by atoms with Crippen molar-refractivity contribution in [1.29, 1.82) is 0 Å². The molecule has 7 heteroatoms. The Morgan fingerprint density at radius 1 is 1.18 bits per heavy atom. The first kappa shape index (κ1) is 23.2. The Balaban J connectivity index is 0.00000280. The van der Waals surface area contributed by atoms with Crippen molar-refractivity contribution in [3.63, 3.8) is 0 Å². The third kappa shape index (κ3) is 7.06. The van der Waals surface area contributed by atoms with E-state index in [0.717, 1.165) is 50.4 Å². The van der Waals surface area contributed by atoms with Gasteiger partial charge < -0.3 is 20.4 Å². The van der Waals surface area contributed by atoms with Crippen molar-refractivity contribution in [3.8, 4) is 0 Å². The SMILES string of the molecule is CN=C(NCCCN1CCCCC1C)NCc1ccnc(N2CCCC2)c1.I. The summed E-state index contributed by atoms with van der Waals surface area (Å²) in [6.07, 6.45) is 9.71. The van der Waals surface area contributed by atoms with Crippen LogP contribution in [0.4, 0.5) is 5.82 Å². The molecular formula is C21H37IN6. The predicted molar refractivity (Wildman–Crippen MR) is 129 cm³/mol. The van der Waals surface area contributed by atoms with E-state index in [2.05, 4.69) is 49.5 Å². The van der Waals surface area contributed by atoms with E-state index >= 15 is 0 Å². The molecule has 2 N–H and O–H groups in total. The van der Waals surface area contributed by atoms with Gasteiger partial charge >= 0.3 is 0 Å². The van der Waals surface area contributed by atoms with Gasteiger partial charge in [-0.1, -0.05) is 6.42 Å². The van der Waals surface area contributed by atoms with E-state index in [0.29, 0.717) is 0 Å². The van der Waals surface area contributed by atoms with Crippen molar-refractivity contribution < 1.29 is 0 Å². The molecule has 1 atom stereocenters. The molecule has 1 aromatic rings. The Morgan fingerprint density at radius 3 is 2.71 bits per heavy atom. The number of hydrogen-bond donors (Lipinski definition) is 2. The molecule has 0 aromatic carbocycles. The summed E-state index contributed by atoms with van der Waals surface area (Å²) < 4.78 is 0. The molecule has 0 radical (unpaired) electrons. The van der Waals surface area contributed by atoms with Crippen LogP contribution in [0.5, 0.6) is 0 Å². The summed E-state index contributed by atoms with van der Waals surface area (Å²) in [5, 5.41) is 6.88. The van der Waals surface area contributed by atoms with Gasteiger partial charge in [-0.25, -0.2) is 4.98 Å². The summed E-state index contributed by atoms with van der Waals surface area (Å²) in [5.41, 5.74) is 1.25. The molecule has 3 heterocycles. The minimum atomic E-state index is 0. The van der Waals surface area contributed by atoms with Gasteiger partial charge in [-0.3, -0.25) is 4.99 Å². The monoisotopic (exact) mass is 500 g/mol. The number of anilines is 1. The number of guanidine groups is 1. The molecule has 3 rings (SSSR count). The highest BCUT2D eigenvalue weighted by Gasteiger charge is 2.17. The first-order chi connectivity index (χ1) is 13.3. The fourth-order valence-corrected chi connectivity index (χ4v) is 4.07. The predicted octanol–water partition coefficient (Wildman–Crippen LogP) is 3.23. The number of halogens is 1. The van der Waals surface area contributed by atoms with Gasteiger partial charge in [0, 0.05) is 52.0 Å². The fraction of sp³-hybridized carbons (Fsp3) is 0.714. The lowest BCUT2D eigenvalue weighted by Gasteiger charge is -2.33. The van der Waals surface area contributed by atoms with Crippen LogP contribution in [-0.2, 0) is 6.54 Å². The molecule has 28 heavy (non-hydrogen) atoms. The lowest BCUT2D eigenvalue weighted by Crippen LogP contribution is -2.41. The van der Waals surface area contributed by atoms with E-state index in [1.165, 1.54) is 50.8 Å². The first-order valence-electron chi connectivity index (χ1n) is 10.6. The highest BCUT2D eigenvalue weighted by atomic mass is 127. The second-order valence-electron chi connectivity index (χ2n) is 7.80. The zero-order chi connectivity index (χ0) is 18.9. The third-order valence-electron chi connectivity index (χ3n) is 5.78. The van der Waals surface area contributed by atoms with Crippen LogP contribution >= 0.6 is 24.0 Å². The normalized spacial score (nSPS) is 20.7. The third-order valence-corrected chi connectivity index (χ3v) is 5.78. The molecule has 2 aliphatic heterocycles. The van der Waals surface area contributed by atoms with Gasteiger partial charge in [-0.2, -0.15) is 0 Å². The van der Waals surface area contributed by atoms with Crippen molar-refractivity contribution in [2.45, 2.75) is 58.0 Å². The van der Waals surface area contributed by atoms with Crippen molar-refractivity contribution in [2.24, 2.45) is 4.99 Å². The number of aromatic nitrogens is 1. The van der Waals surface area contributed by atoms with Gasteiger partial charge in [0.25, 0.3) is 0 Å². The lowest BCUT2D eigenvalue weighted by atomic mass is 10.0. The quantitative estimate of drug-likeness (QED) is 0.261. The zero-order valence-corrected chi connectivity index (χ0v) is 19.8. The second kappa shape index (κ2) is 12.5. The van der Waals surface area contributed by atoms with Crippen molar-refractivity contribution >= 4 is 35.8 Å². The van der Waals surface area contributed by atoms with Crippen LogP contribution in [0.15, 0.2) is 23.3 Å². The lowest BCUT2D eigenvalue weighted by molar-refractivity contribution is 0.159. The summed E-state index contributed by atoms with van der Waals surface area (Å²) in [6.45, 7) is 8.78. The van der Waals surface area contributed by atoms with Crippen LogP contribution in [0.1, 0.15) is 51.0 Å². The largest absolute Gasteiger partial charge is 0.357 e. The molecular weight excluding hydrogens is 463 g/mol. The van der Waals surface area contributed by atoms with Gasteiger partial charge in [0.15, 0.2) is 5.96 Å². The van der Waals surface area contributed by atoms with Crippen LogP contribution in [0.3, 0.4) is 0 Å². The number of nitrogens with zero attached hydrogens (tertiary/aromatic N) is 4. The Labute approximate surface area is 187 Å². The average molecular weight is 500 g/mol. The van der Waals surface area contributed by atoms with Crippen LogP contribution in [0.25, 0.3) is 0 Å². The molecule has 6 nitrogen and oxygen atoms in total. The van der Waals surface area contributed by atoms with E-state index in [4.69, 9.17) is 0 Å². The van der Waals surface area contributed by atoms with Crippen LogP contribution < -0.4 is 15.5 Å². The molecule has 2 fully saturated rings. The molecule has 0 aliphatic carbocycles. The number of rotatable bonds is 7. The van der Waals surface area contributed by atoms with Crippen molar-refractivity contribution in [1.82, 2.24) is 20.5 Å². The molecule has 1 aromatic heterocycles. The average Bonchev–Trinajstić information content (AvgIpc) is 3.24. The number of aliphatic imine (C=N–C) groups is 1. The Morgan fingerprint density at radius 2 is 1.96 bits per heavy atom. The molecule has 2 saturated heterocycles. The summed E-state index contributed by atoms with van der Waals surface area (Å²) in [4.78, 5) is 13.9. The van der Waals surface area contributed by atoms with E-state index in [9.17, 15) is 0 Å². The molecule has 2 aliphatic rings. The number of likely N-dealkylation sites (tertiary alicyclic amines) is 1. The van der Waals surface area contributed by atoms with Gasteiger partial charge in [-0.05, 0) is 63.3 Å². The Hall–Kier alpha value is -1.09. The van der Waals surface area contributed by atoms with Gasteiger partial charge in [-0.15, -0.1) is 24.0 Å². The fourth-order valence-electron chi connectivity index (χ4n) is 4.07. The topological polar surface area (TPSA) is 55.8 Å². The highest BCUT2D eigenvalue weighted by molar-refractivity contribution is 14.0. The van der Waals surface area contributed by atoms with Crippen molar-refractivity contribution in [2.75, 3.05) is 44.7 Å². The first-order valence-corrected chi connectivity index (χ1v) is 10.6. The van der Waals surface area contributed by atoms with E-state index < -0.39 is 0 Å². The van der Waals surface area contributed by atoms with E-state index in [1.54, 1.807) is 0 Å². The molecule has 0 spiro atoms. The smallest absolute Gasteiger partial charge is 0.191 e. The maximum Gasteiger partial charge on any atom is 0.191 e. The molecule has 1 unspecified atom stereocenters. The van der Waals surface area contributed by atoms with Gasteiger partial charge in [0.2, 0.25) is 0 Å². The number of piperidine rings is 1. The van der Waals surface area contributed by atoms with Gasteiger partial charge in [0.1, 0.15) is 5.82 Å². The van der Waals surface area contributed by atoms with Crippen LogP contribution in [0, 0.1) is 0 Å². The van der Waals surface area contributed by atoms with E-state index in [1.807, 2.05) is 13.2 Å². The molecule has 158 valence electrons. The zero-order valence-electron chi connectivity index (χ0n) is 17.5. The highest BCUT2D eigenvalue weighted by Crippen LogP contribution is 2.18. The minimum absolute atomic E-state index is 0. The Kier molecular flexibility index (Phi) is 10.3. The van der Waals surface area contributed by atoms with Gasteiger partial charge in [0.05, 0.1) is 0 Å². The standard InChI is InChI=1S/C21H36N6.HI/c1-18-8-3-4-12-26(18)15-7-10-24-21(22-2)25-17-19-9-11-23-20(16-19)27-13-5-6-14-27;/h9,11,16,18H,3-8,10,12-15,17H2,1-2H3,(H2,22,24,25);1H. The molecule has 0 bridgehead atoms.